The van der Waals surface area contributed by atoms with Crippen molar-refractivity contribution in [1.29, 1.82) is 0 Å². The summed E-state index contributed by atoms with van der Waals surface area (Å²) in [5.74, 6) is -0.828. The van der Waals surface area contributed by atoms with Gasteiger partial charge in [-0.1, -0.05) is 12.5 Å². The highest BCUT2D eigenvalue weighted by molar-refractivity contribution is 5.94. The number of benzene rings is 1. The summed E-state index contributed by atoms with van der Waals surface area (Å²) in [6, 6.07) is 6.23. The quantitative estimate of drug-likeness (QED) is 0.899. The first-order valence-corrected chi connectivity index (χ1v) is 7.48. The molecule has 1 atom stereocenters. The van der Waals surface area contributed by atoms with Gasteiger partial charge in [-0.3, -0.25) is 4.90 Å². The van der Waals surface area contributed by atoms with Crippen molar-refractivity contribution in [2.24, 2.45) is 0 Å². The third-order valence-corrected chi connectivity index (χ3v) is 4.56. The highest BCUT2D eigenvalue weighted by Crippen LogP contribution is 2.28. The van der Waals surface area contributed by atoms with Gasteiger partial charge in [0.15, 0.2) is 0 Å². The van der Waals surface area contributed by atoms with E-state index in [0.29, 0.717) is 11.6 Å². The van der Waals surface area contributed by atoms with Gasteiger partial charge in [0.2, 0.25) is 0 Å². The molecule has 0 aliphatic carbocycles. The van der Waals surface area contributed by atoms with Crippen molar-refractivity contribution >= 4 is 11.7 Å². The van der Waals surface area contributed by atoms with E-state index in [-0.39, 0.29) is 0 Å². The molecule has 0 amide bonds. The van der Waals surface area contributed by atoms with Gasteiger partial charge in [0, 0.05) is 25.7 Å². The second-order valence-corrected chi connectivity index (χ2v) is 5.96. The zero-order valence-electron chi connectivity index (χ0n) is 12.0. The fraction of sp³-hybridized carbons (Fsp3) is 0.562. The van der Waals surface area contributed by atoms with Crippen LogP contribution in [0.5, 0.6) is 0 Å². The molecule has 2 saturated heterocycles. The van der Waals surface area contributed by atoms with Crippen LogP contribution < -0.4 is 4.90 Å². The van der Waals surface area contributed by atoms with Crippen LogP contribution in [0.1, 0.15) is 35.2 Å². The zero-order chi connectivity index (χ0) is 14.1. The van der Waals surface area contributed by atoms with Crippen LogP contribution in [-0.2, 0) is 0 Å². The number of hydrogen-bond donors (Lipinski definition) is 1. The van der Waals surface area contributed by atoms with Crippen LogP contribution in [0.4, 0.5) is 5.69 Å². The summed E-state index contributed by atoms with van der Waals surface area (Å²) in [4.78, 5) is 16.3. The number of anilines is 1. The lowest BCUT2D eigenvalue weighted by molar-refractivity contribution is 0.0696. The second kappa shape index (κ2) is 5.44. The number of carbonyl (C=O) groups is 1. The first kappa shape index (κ1) is 13.4. The molecule has 1 N–H and O–H groups in total. The number of carboxylic acid groups (broad SMARTS) is 1. The fourth-order valence-electron chi connectivity index (χ4n) is 3.46. The molecule has 1 aromatic rings. The molecule has 2 aliphatic heterocycles. The van der Waals surface area contributed by atoms with Crippen LogP contribution in [0.15, 0.2) is 18.2 Å². The summed E-state index contributed by atoms with van der Waals surface area (Å²) in [5, 5.41) is 9.38. The van der Waals surface area contributed by atoms with E-state index in [1.54, 1.807) is 6.07 Å². The Morgan fingerprint density at radius 3 is 2.90 bits per heavy atom. The first-order valence-electron chi connectivity index (χ1n) is 7.48. The van der Waals surface area contributed by atoms with Gasteiger partial charge in [-0.05, 0) is 44.0 Å². The number of aryl methyl sites for hydroxylation is 1. The Labute approximate surface area is 120 Å². The van der Waals surface area contributed by atoms with Crippen LogP contribution in [-0.4, -0.2) is 48.2 Å². The van der Waals surface area contributed by atoms with E-state index in [1.807, 2.05) is 19.1 Å². The molecule has 0 spiro atoms. The van der Waals surface area contributed by atoms with E-state index >= 15 is 0 Å². The highest BCUT2D eigenvalue weighted by atomic mass is 16.4. The molecule has 1 unspecified atom stereocenters. The Hall–Kier alpha value is -1.55. The molecule has 20 heavy (non-hydrogen) atoms. The fourth-order valence-corrected chi connectivity index (χ4v) is 3.46. The smallest absolute Gasteiger partial charge is 0.337 e. The van der Waals surface area contributed by atoms with Gasteiger partial charge in [-0.15, -0.1) is 0 Å². The van der Waals surface area contributed by atoms with E-state index in [4.69, 9.17) is 0 Å². The van der Waals surface area contributed by atoms with E-state index in [1.165, 1.54) is 25.8 Å². The number of hydrogen-bond acceptors (Lipinski definition) is 3. The molecule has 0 bridgehead atoms. The van der Waals surface area contributed by atoms with Gasteiger partial charge in [-0.2, -0.15) is 0 Å². The highest BCUT2D eigenvalue weighted by Gasteiger charge is 2.30. The summed E-state index contributed by atoms with van der Waals surface area (Å²) in [5.41, 5.74) is 2.44. The number of rotatable bonds is 2. The van der Waals surface area contributed by atoms with Crippen molar-refractivity contribution in [3.8, 4) is 0 Å². The van der Waals surface area contributed by atoms with Gasteiger partial charge < -0.3 is 10.0 Å². The number of piperazine rings is 1. The summed E-state index contributed by atoms with van der Waals surface area (Å²) >= 11 is 0. The Morgan fingerprint density at radius 2 is 2.10 bits per heavy atom. The van der Waals surface area contributed by atoms with Crippen LogP contribution in [0, 0.1) is 6.92 Å². The summed E-state index contributed by atoms with van der Waals surface area (Å²) < 4.78 is 0. The van der Waals surface area contributed by atoms with E-state index in [0.717, 1.165) is 30.9 Å². The van der Waals surface area contributed by atoms with Crippen LogP contribution in [0.3, 0.4) is 0 Å². The Morgan fingerprint density at radius 1 is 1.25 bits per heavy atom. The van der Waals surface area contributed by atoms with Crippen molar-refractivity contribution in [2.75, 3.05) is 31.1 Å². The van der Waals surface area contributed by atoms with Crippen molar-refractivity contribution in [1.82, 2.24) is 4.90 Å². The topological polar surface area (TPSA) is 43.8 Å². The lowest BCUT2D eigenvalue weighted by Gasteiger charge is -2.45. The maximum Gasteiger partial charge on any atom is 0.337 e. The number of carboxylic acids is 1. The van der Waals surface area contributed by atoms with Crippen LogP contribution >= 0.6 is 0 Å². The standard InChI is InChI=1S/C16H22N2O2/c1-12-5-6-14(16(19)20)15(10-12)18-9-8-17-7-3-2-4-13(17)11-18/h5-6,10,13H,2-4,7-9,11H2,1H3,(H,19,20). The first-order chi connectivity index (χ1) is 9.65. The average Bonchev–Trinajstić information content (AvgIpc) is 2.46. The molecule has 3 rings (SSSR count). The Balaban J connectivity index is 1.85. The number of aromatic carboxylic acids is 1. The monoisotopic (exact) mass is 274 g/mol. The number of piperidine rings is 1. The lowest BCUT2D eigenvalue weighted by atomic mass is 9.98. The zero-order valence-corrected chi connectivity index (χ0v) is 12.0. The van der Waals surface area contributed by atoms with Gasteiger partial charge >= 0.3 is 5.97 Å². The molecule has 2 fully saturated rings. The van der Waals surface area contributed by atoms with E-state index in [2.05, 4.69) is 9.80 Å². The minimum absolute atomic E-state index is 0.430. The predicted molar refractivity (Wildman–Crippen MR) is 79.6 cm³/mol. The molecule has 0 saturated carbocycles. The molecule has 1 aromatic carbocycles. The Bertz CT molecular complexity index is 515. The molecular weight excluding hydrogens is 252 g/mol. The molecule has 2 aliphatic rings. The Kier molecular flexibility index (Phi) is 3.66. The minimum Gasteiger partial charge on any atom is -0.478 e. The second-order valence-electron chi connectivity index (χ2n) is 5.96. The molecule has 0 aromatic heterocycles. The average molecular weight is 274 g/mol. The van der Waals surface area contributed by atoms with E-state index < -0.39 is 5.97 Å². The third-order valence-electron chi connectivity index (χ3n) is 4.56. The molecule has 4 nitrogen and oxygen atoms in total. The predicted octanol–water partition coefficient (Wildman–Crippen LogP) is 2.37. The molecule has 108 valence electrons. The number of fused-ring (bicyclic) bond motifs is 1. The lowest BCUT2D eigenvalue weighted by Crippen LogP contribution is -2.55. The van der Waals surface area contributed by atoms with Crippen LogP contribution in [0.2, 0.25) is 0 Å². The van der Waals surface area contributed by atoms with Crippen LogP contribution in [0.25, 0.3) is 0 Å². The van der Waals surface area contributed by atoms with Crippen molar-refractivity contribution in [2.45, 2.75) is 32.2 Å². The minimum atomic E-state index is -0.828. The molecule has 0 radical (unpaired) electrons. The summed E-state index contributed by atoms with van der Waals surface area (Å²) in [6.07, 6.45) is 3.85. The van der Waals surface area contributed by atoms with Crippen molar-refractivity contribution < 1.29 is 9.90 Å². The third kappa shape index (κ3) is 2.52. The van der Waals surface area contributed by atoms with Crippen molar-refractivity contribution in [3.05, 3.63) is 29.3 Å². The van der Waals surface area contributed by atoms with E-state index in [9.17, 15) is 9.90 Å². The SMILES string of the molecule is Cc1ccc(C(=O)O)c(N2CCN3CCCCC3C2)c1. The maximum atomic E-state index is 11.4. The van der Waals surface area contributed by atoms with Gasteiger partial charge in [0.1, 0.15) is 0 Å². The summed E-state index contributed by atoms with van der Waals surface area (Å²) in [6.45, 7) is 6.17. The molecule has 2 heterocycles. The largest absolute Gasteiger partial charge is 0.478 e. The van der Waals surface area contributed by atoms with Gasteiger partial charge in [0.25, 0.3) is 0 Å². The number of nitrogens with zero attached hydrogens (tertiary/aromatic N) is 2. The molecular formula is C16H22N2O2. The molecule has 4 heteroatoms. The van der Waals surface area contributed by atoms with Gasteiger partial charge in [0.05, 0.1) is 11.3 Å². The summed E-state index contributed by atoms with van der Waals surface area (Å²) in [7, 11) is 0. The maximum absolute atomic E-state index is 11.4. The normalized spacial score (nSPS) is 23.4. The van der Waals surface area contributed by atoms with Crippen molar-refractivity contribution in [3.63, 3.8) is 0 Å². The van der Waals surface area contributed by atoms with Gasteiger partial charge in [-0.25, -0.2) is 4.79 Å².